The van der Waals surface area contributed by atoms with Crippen molar-refractivity contribution in [1.82, 2.24) is 25.7 Å². The molecule has 3 heterocycles. The summed E-state index contributed by atoms with van der Waals surface area (Å²) in [6, 6.07) is 1.93. The number of aryl methyl sites for hydroxylation is 2. The van der Waals surface area contributed by atoms with E-state index in [2.05, 4.69) is 25.7 Å². The molecule has 1 atom stereocenters. The van der Waals surface area contributed by atoms with E-state index in [1.165, 1.54) is 0 Å². The highest BCUT2D eigenvalue weighted by Crippen LogP contribution is 2.25. The van der Waals surface area contributed by atoms with Gasteiger partial charge in [0, 0.05) is 12.5 Å². The van der Waals surface area contributed by atoms with Crippen LogP contribution in [0, 0.1) is 13.8 Å². The van der Waals surface area contributed by atoms with Gasteiger partial charge in [-0.15, -0.1) is 0 Å². The molecule has 2 aromatic heterocycles. The molecule has 6 heteroatoms. The molecular formula is C13H17N5O. The molecule has 0 aliphatic carbocycles. The average Bonchev–Trinajstić information content (AvgIpc) is 2.92. The topological polar surface area (TPSA) is 76.7 Å². The van der Waals surface area contributed by atoms with Crippen LogP contribution < -0.4 is 5.32 Å². The molecule has 0 aromatic carbocycles. The Balaban J connectivity index is 1.89. The zero-order valence-electron chi connectivity index (χ0n) is 11.2. The van der Waals surface area contributed by atoms with E-state index in [0.29, 0.717) is 11.8 Å². The molecule has 1 fully saturated rings. The molecule has 1 unspecified atom stereocenters. The van der Waals surface area contributed by atoms with Gasteiger partial charge in [-0.25, -0.2) is 0 Å². The van der Waals surface area contributed by atoms with Crippen molar-refractivity contribution in [3.63, 3.8) is 0 Å². The molecule has 0 saturated carbocycles. The Labute approximate surface area is 111 Å². The molecule has 0 bridgehead atoms. The van der Waals surface area contributed by atoms with Gasteiger partial charge < -0.3 is 9.84 Å². The zero-order chi connectivity index (χ0) is 13.2. The van der Waals surface area contributed by atoms with Gasteiger partial charge >= 0.3 is 0 Å². The molecule has 1 aliphatic rings. The minimum atomic E-state index is 0.349. The SMILES string of the molecule is Cc1cc(-c2nc(C3CCCNC3)no2)c(C)nn1. The largest absolute Gasteiger partial charge is 0.334 e. The average molecular weight is 259 g/mol. The van der Waals surface area contributed by atoms with E-state index < -0.39 is 0 Å². The fraction of sp³-hybridized carbons (Fsp3) is 0.538. The van der Waals surface area contributed by atoms with Gasteiger partial charge in [0.1, 0.15) is 0 Å². The normalized spacial score (nSPS) is 19.6. The lowest BCUT2D eigenvalue weighted by molar-refractivity contribution is 0.393. The van der Waals surface area contributed by atoms with Crippen LogP contribution in [-0.4, -0.2) is 33.4 Å². The van der Waals surface area contributed by atoms with Crippen molar-refractivity contribution in [2.45, 2.75) is 32.6 Å². The third-order valence-electron chi connectivity index (χ3n) is 3.43. The Morgan fingerprint density at radius 1 is 1.32 bits per heavy atom. The molecule has 0 radical (unpaired) electrons. The van der Waals surface area contributed by atoms with Gasteiger partial charge in [0.2, 0.25) is 0 Å². The molecular weight excluding hydrogens is 242 g/mol. The zero-order valence-corrected chi connectivity index (χ0v) is 11.2. The lowest BCUT2D eigenvalue weighted by Crippen LogP contribution is -2.28. The molecule has 0 amide bonds. The van der Waals surface area contributed by atoms with E-state index in [0.717, 1.165) is 48.7 Å². The Kier molecular flexibility index (Phi) is 3.25. The first-order valence-electron chi connectivity index (χ1n) is 6.59. The number of hydrogen-bond donors (Lipinski definition) is 1. The van der Waals surface area contributed by atoms with Crippen molar-refractivity contribution >= 4 is 0 Å². The van der Waals surface area contributed by atoms with Crippen LogP contribution in [0.25, 0.3) is 11.5 Å². The van der Waals surface area contributed by atoms with Crippen molar-refractivity contribution in [3.05, 3.63) is 23.3 Å². The van der Waals surface area contributed by atoms with Crippen LogP contribution in [0.1, 0.15) is 36.0 Å². The van der Waals surface area contributed by atoms with E-state index in [9.17, 15) is 0 Å². The van der Waals surface area contributed by atoms with Gasteiger partial charge in [0.05, 0.1) is 17.0 Å². The van der Waals surface area contributed by atoms with Crippen LogP contribution in [0.2, 0.25) is 0 Å². The van der Waals surface area contributed by atoms with Gasteiger partial charge in [-0.3, -0.25) is 0 Å². The van der Waals surface area contributed by atoms with Gasteiger partial charge in [0.25, 0.3) is 5.89 Å². The Morgan fingerprint density at radius 2 is 2.21 bits per heavy atom. The fourth-order valence-electron chi connectivity index (χ4n) is 2.35. The Hall–Kier alpha value is -1.82. The molecule has 19 heavy (non-hydrogen) atoms. The minimum Gasteiger partial charge on any atom is -0.334 e. The number of nitrogens with zero attached hydrogens (tertiary/aromatic N) is 4. The molecule has 3 rings (SSSR count). The highest BCUT2D eigenvalue weighted by Gasteiger charge is 2.22. The first-order chi connectivity index (χ1) is 9.24. The summed E-state index contributed by atoms with van der Waals surface area (Å²) in [4.78, 5) is 4.52. The van der Waals surface area contributed by atoms with E-state index in [1.807, 2.05) is 19.9 Å². The lowest BCUT2D eigenvalue weighted by atomic mass is 9.99. The minimum absolute atomic E-state index is 0.349. The van der Waals surface area contributed by atoms with Crippen molar-refractivity contribution in [3.8, 4) is 11.5 Å². The van der Waals surface area contributed by atoms with Crippen LogP contribution in [-0.2, 0) is 0 Å². The standard InChI is InChI=1S/C13H17N5O/c1-8-6-11(9(2)17-16-8)13-15-12(18-19-13)10-4-3-5-14-7-10/h6,10,14H,3-5,7H2,1-2H3. The summed E-state index contributed by atoms with van der Waals surface area (Å²) in [5.41, 5.74) is 2.53. The van der Waals surface area contributed by atoms with Crippen LogP contribution >= 0.6 is 0 Å². The summed E-state index contributed by atoms with van der Waals surface area (Å²) in [6.45, 7) is 5.80. The van der Waals surface area contributed by atoms with Gasteiger partial charge in [-0.05, 0) is 39.3 Å². The van der Waals surface area contributed by atoms with Gasteiger partial charge in [0.15, 0.2) is 5.82 Å². The monoisotopic (exact) mass is 259 g/mol. The summed E-state index contributed by atoms with van der Waals surface area (Å²) in [6.07, 6.45) is 2.27. The Morgan fingerprint density at radius 3 is 3.00 bits per heavy atom. The summed E-state index contributed by atoms with van der Waals surface area (Å²) < 4.78 is 5.38. The van der Waals surface area contributed by atoms with Crippen molar-refractivity contribution in [1.29, 1.82) is 0 Å². The van der Waals surface area contributed by atoms with Crippen molar-refractivity contribution < 1.29 is 4.52 Å². The van der Waals surface area contributed by atoms with Crippen LogP contribution in [0.4, 0.5) is 0 Å². The maximum absolute atomic E-state index is 5.38. The summed E-state index contributed by atoms with van der Waals surface area (Å²) in [5.74, 6) is 1.68. The van der Waals surface area contributed by atoms with E-state index in [4.69, 9.17) is 4.52 Å². The Bertz CT molecular complexity index is 574. The number of nitrogens with one attached hydrogen (secondary N) is 1. The first kappa shape index (κ1) is 12.2. The highest BCUT2D eigenvalue weighted by molar-refractivity contribution is 5.55. The van der Waals surface area contributed by atoms with E-state index in [-0.39, 0.29) is 0 Å². The predicted octanol–water partition coefficient (Wildman–Crippen LogP) is 1.61. The smallest absolute Gasteiger partial charge is 0.259 e. The molecule has 2 aromatic rings. The highest BCUT2D eigenvalue weighted by atomic mass is 16.5. The van der Waals surface area contributed by atoms with Crippen LogP contribution in [0.5, 0.6) is 0 Å². The molecule has 6 nitrogen and oxygen atoms in total. The second-order valence-electron chi connectivity index (χ2n) is 4.99. The maximum atomic E-state index is 5.38. The summed E-state index contributed by atoms with van der Waals surface area (Å²) >= 11 is 0. The molecule has 1 saturated heterocycles. The number of piperidine rings is 1. The van der Waals surface area contributed by atoms with Gasteiger partial charge in [-0.2, -0.15) is 15.2 Å². The predicted molar refractivity (Wildman–Crippen MR) is 69.6 cm³/mol. The fourth-order valence-corrected chi connectivity index (χ4v) is 2.35. The second kappa shape index (κ2) is 5.05. The van der Waals surface area contributed by atoms with Crippen molar-refractivity contribution in [2.24, 2.45) is 0 Å². The first-order valence-corrected chi connectivity index (χ1v) is 6.59. The van der Waals surface area contributed by atoms with Crippen LogP contribution in [0.15, 0.2) is 10.6 Å². The number of rotatable bonds is 2. The third kappa shape index (κ3) is 2.49. The molecule has 100 valence electrons. The van der Waals surface area contributed by atoms with Gasteiger partial charge in [-0.1, -0.05) is 5.16 Å². The number of aromatic nitrogens is 4. The second-order valence-corrected chi connectivity index (χ2v) is 4.99. The van der Waals surface area contributed by atoms with E-state index >= 15 is 0 Å². The molecule has 1 aliphatic heterocycles. The number of hydrogen-bond acceptors (Lipinski definition) is 6. The molecule has 1 N–H and O–H groups in total. The maximum Gasteiger partial charge on any atom is 0.259 e. The third-order valence-corrected chi connectivity index (χ3v) is 3.43. The molecule has 0 spiro atoms. The van der Waals surface area contributed by atoms with Crippen LogP contribution in [0.3, 0.4) is 0 Å². The summed E-state index contributed by atoms with van der Waals surface area (Å²) in [7, 11) is 0. The quantitative estimate of drug-likeness (QED) is 0.883. The summed E-state index contributed by atoms with van der Waals surface area (Å²) in [5, 5.41) is 15.6. The van der Waals surface area contributed by atoms with E-state index in [1.54, 1.807) is 0 Å². The lowest BCUT2D eigenvalue weighted by Gasteiger charge is -2.19. The van der Waals surface area contributed by atoms with Crippen molar-refractivity contribution in [2.75, 3.05) is 13.1 Å².